The molecule has 0 saturated heterocycles. The number of hydrogen-bond donors (Lipinski definition) is 0. The second-order valence-corrected chi connectivity index (χ2v) is 7.71. The Morgan fingerprint density at radius 3 is 1.68 bits per heavy atom. The molecule has 14 heteroatoms. The van der Waals surface area contributed by atoms with Crippen LogP contribution in [0.5, 0.6) is 0 Å². The monoisotopic (exact) mass is 480 g/mol. The summed E-state index contributed by atoms with van der Waals surface area (Å²) in [4.78, 5) is 23.6. The van der Waals surface area contributed by atoms with Gasteiger partial charge in [-0.25, -0.2) is 13.6 Å². The Hall–Kier alpha value is -1.76. The number of rotatable bonds is 11. The third-order valence-corrected chi connectivity index (χ3v) is 4.44. The minimum absolute atomic E-state index is 0.117. The van der Waals surface area contributed by atoms with Crippen LogP contribution in [-0.2, 0) is 19.1 Å². The van der Waals surface area contributed by atoms with Crippen molar-refractivity contribution in [2.45, 2.75) is 77.3 Å². The van der Waals surface area contributed by atoms with E-state index in [1.54, 1.807) is 0 Å². The molecule has 1 atom stereocenters. The van der Waals surface area contributed by atoms with Crippen molar-refractivity contribution >= 4 is 11.9 Å². The standard InChI is InChI=1S/C17H22F10O4/c1-6-13(4,5)11(28)31-9(8(2)3)15(22,23)12(29)30-7-14(20,21)17(26,27)16(24,25)10(18)19/h8-10H,6-7H2,1-5H3. The lowest BCUT2D eigenvalue weighted by atomic mass is 9.90. The predicted molar refractivity (Wildman–Crippen MR) is 85.5 cm³/mol. The van der Waals surface area contributed by atoms with Crippen molar-refractivity contribution in [1.29, 1.82) is 0 Å². The molecule has 0 aliphatic carbocycles. The zero-order valence-electron chi connectivity index (χ0n) is 17.1. The number of carbonyl (C=O) groups is 2. The summed E-state index contributed by atoms with van der Waals surface area (Å²) in [5.74, 6) is -29.7. The summed E-state index contributed by atoms with van der Waals surface area (Å²) in [6.45, 7) is 3.17. The van der Waals surface area contributed by atoms with Crippen LogP contribution in [0.25, 0.3) is 0 Å². The Kier molecular flexibility index (Phi) is 8.86. The molecular formula is C17H22F10O4. The van der Waals surface area contributed by atoms with E-state index in [-0.39, 0.29) is 6.42 Å². The van der Waals surface area contributed by atoms with Crippen LogP contribution >= 0.6 is 0 Å². The molecule has 0 rings (SSSR count). The fourth-order valence-electron chi connectivity index (χ4n) is 1.89. The zero-order chi connectivity index (χ0) is 25.2. The summed E-state index contributed by atoms with van der Waals surface area (Å²) in [6, 6.07) is 0. The molecule has 1 unspecified atom stereocenters. The van der Waals surface area contributed by atoms with Gasteiger partial charge in [0.25, 0.3) is 0 Å². The van der Waals surface area contributed by atoms with E-state index in [1.807, 2.05) is 0 Å². The third kappa shape index (κ3) is 5.93. The van der Waals surface area contributed by atoms with Gasteiger partial charge in [0, 0.05) is 0 Å². The summed E-state index contributed by atoms with van der Waals surface area (Å²) in [7, 11) is 0. The third-order valence-electron chi connectivity index (χ3n) is 4.44. The van der Waals surface area contributed by atoms with E-state index in [9.17, 15) is 53.5 Å². The minimum Gasteiger partial charge on any atom is -0.455 e. The quantitative estimate of drug-likeness (QED) is 0.296. The average Bonchev–Trinajstić information content (AvgIpc) is 2.62. The van der Waals surface area contributed by atoms with Crippen LogP contribution in [0.4, 0.5) is 43.9 Å². The average molecular weight is 480 g/mol. The molecule has 0 amide bonds. The van der Waals surface area contributed by atoms with E-state index in [4.69, 9.17) is 0 Å². The second-order valence-electron chi connectivity index (χ2n) is 7.71. The van der Waals surface area contributed by atoms with Crippen molar-refractivity contribution in [1.82, 2.24) is 0 Å². The summed E-state index contributed by atoms with van der Waals surface area (Å²) in [6.07, 6.45) is -7.70. The molecule has 0 N–H and O–H groups in total. The van der Waals surface area contributed by atoms with Crippen molar-refractivity contribution in [2.75, 3.05) is 6.61 Å². The van der Waals surface area contributed by atoms with Gasteiger partial charge in [-0.1, -0.05) is 20.8 Å². The van der Waals surface area contributed by atoms with Gasteiger partial charge in [-0.2, -0.15) is 35.1 Å². The Labute approximate surface area is 171 Å². The molecule has 0 spiro atoms. The Bertz CT molecular complexity index is 647. The van der Waals surface area contributed by atoms with E-state index in [2.05, 4.69) is 9.47 Å². The van der Waals surface area contributed by atoms with Crippen LogP contribution < -0.4 is 0 Å². The van der Waals surface area contributed by atoms with Crippen molar-refractivity contribution < 1.29 is 63.0 Å². The Morgan fingerprint density at radius 1 is 0.871 bits per heavy atom. The van der Waals surface area contributed by atoms with E-state index < -0.39 is 66.1 Å². The molecule has 0 aromatic rings. The highest BCUT2D eigenvalue weighted by molar-refractivity contribution is 5.80. The fraction of sp³-hybridized carbons (Fsp3) is 0.882. The minimum atomic E-state index is -6.74. The van der Waals surface area contributed by atoms with E-state index in [0.29, 0.717) is 0 Å². The molecule has 0 saturated carbocycles. The van der Waals surface area contributed by atoms with Crippen molar-refractivity contribution in [3.63, 3.8) is 0 Å². The van der Waals surface area contributed by atoms with Crippen LogP contribution in [0.2, 0.25) is 0 Å². The van der Waals surface area contributed by atoms with E-state index in [0.717, 1.165) is 13.8 Å². The number of ether oxygens (including phenoxy) is 2. The maximum atomic E-state index is 14.4. The Balaban J connectivity index is 5.61. The smallest absolute Gasteiger partial charge is 0.381 e. The number of carbonyl (C=O) groups excluding carboxylic acids is 2. The molecule has 0 aliphatic rings. The molecule has 0 heterocycles. The highest BCUT2D eigenvalue weighted by Crippen LogP contribution is 2.48. The van der Waals surface area contributed by atoms with Crippen LogP contribution in [0.3, 0.4) is 0 Å². The summed E-state index contributed by atoms with van der Waals surface area (Å²) in [5, 5.41) is 0. The molecule has 4 nitrogen and oxygen atoms in total. The molecule has 0 fully saturated rings. The first kappa shape index (κ1) is 29.2. The van der Waals surface area contributed by atoms with Gasteiger partial charge < -0.3 is 9.47 Å². The van der Waals surface area contributed by atoms with Gasteiger partial charge in [0.05, 0.1) is 5.41 Å². The fourth-order valence-corrected chi connectivity index (χ4v) is 1.89. The van der Waals surface area contributed by atoms with E-state index in [1.165, 1.54) is 20.8 Å². The summed E-state index contributed by atoms with van der Waals surface area (Å²) < 4.78 is 139. The molecule has 0 aromatic carbocycles. The van der Waals surface area contributed by atoms with Gasteiger partial charge in [0.1, 0.15) is 0 Å². The van der Waals surface area contributed by atoms with Crippen molar-refractivity contribution in [2.24, 2.45) is 11.3 Å². The lowest BCUT2D eigenvalue weighted by Gasteiger charge is -2.33. The highest BCUT2D eigenvalue weighted by atomic mass is 19.4. The molecule has 0 aliphatic heterocycles. The van der Waals surface area contributed by atoms with Crippen molar-refractivity contribution in [3.05, 3.63) is 0 Å². The summed E-state index contributed by atoms with van der Waals surface area (Å²) >= 11 is 0. The van der Waals surface area contributed by atoms with Crippen LogP contribution in [0.1, 0.15) is 41.0 Å². The van der Waals surface area contributed by atoms with Crippen LogP contribution in [0, 0.1) is 11.3 Å². The molecule has 0 bridgehead atoms. The van der Waals surface area contributed by atoms with Gasteiger partial charge in [0.2, 0.25) is 0 Å². The molecule has 184 valence electrons. The SMILES string of the molecule is CCC(C)(C)C(=O)OC(C(C)C)C(F)(F)C(=O)OCC(F)(F)C(F)(F)C(F)(F)C(F)F. The number of esters is 2. The maximum Gasteiger partial charge on any atom is 0.381 e. The van der Waals surface area contributed by atoms with Gasteiger partial charge in [-0.15, -0.1) is 0 Å². The number of hydrogen-bond acceptors (Lipinski definition) is 4. The first-order valence-electron chi connectivity index (χ1n) is 8.77. The van der Waals surface area contributed by atoms with Crippen LogP contribution in [-0.4, -0.2) is 54.8 Å². The Morgan fingerprint density at radius 2 is 1.32 bits per heavy atom. The first-order chi connectivity index (χ1) is 13.6. The lowest BCUT2D eigenvalue weighted by Crippen LogP contribution is -2.60. The summed E-state index contributed by atoms with van der Waals surface area (Å²) in [5.41, 5.74) is -1.29. The second kappa shape index (κ2) is 9.39. The predicted octanol–water partition coefficient (Wildman–Crippen LogP) is 5.34. The van der Waals surface area contributed by atoms with Gasteiger partial charge >= 0.3 is 42.1 Å². The first-order valence-corrected chi connectivity index (χ1v) is 8.77. The van der Waals surface area contributed by atoms with Gasteiger partial charge in [-0.3, -0.25) is 4.79 Å². The molecular weight excluding hydrogens is 458 g/mol. The van der Waals surface area contributed by atoms with E-state index >= 15 is 0 Å². The molecule has 0 aromatic heterocycles. The topological polar surface area (TPSA) is 52.6 Å². The number of alkyl halides is 10. The van der Waals surface area contributed by atoms with Gasteiger partial charge in [-0.05, 0) is 26.2 Å². The molecule has 0 radical (unpaired) electrons. The number of halogens is 10. The maximum absolute atomic E-state index is 14.4. The van der Waals surface area contributed by atoms with Crippen LogP contribution in [0.15, 0.2) is 0 Å². The van der Waals surface area contributed by atoms with Crippen molar-refractivity contribution in [3.8, 4) is 0 Å². The molecule has 31 heavy (non-hydrogen) atoms. The highest BCUT2D eigenvalue weighted by Gasteiger charge is 2.76. The normalized spacial score (nSPS) is 15.3. The zero-order valence-corrected chi connectivity index (χ0v) is 17.1. The largest absolute Gasteiger partial charge is 0.455 e. The van der Waals surface area contributed by atoms with Gasteiger partial charge in [0.15, 0.2) is 12.7 Å². The lowest BCUT2D eigenvalue weighted by molar-refractivity contribution is -0.345.